The average molecular weight is 346 g/mol. The topological polar surface area (TPSA) is 68.2 Å². The quantitative estimate of drug-likeness (QED) is 0.879. The zero-order chi connectivity index (χ0) is 17.2. The van der Waals surface area contributed by atoms with Gasteiger partial charge in [-0.1, -0.05) is 0 Å². The number of urea groups is 1. The van der Waals surface area contributed by atoms with Crippen LogP contribution in [0, 0.1) is 5.92 Å². The van der Waals surface area contributed by atoms with Gasteiger partial charge in [0.15, 0.2) is 5.69 Å². The molecule has 1 saturated heterocycles. The smallest absolute Gasteiger partial charge is 0.381 e. The summed E-state index contributed by atoms with van der Waals surface area (Å²) in [5, 5.41) is 5.72. The van der Waals surface area contributed by atoms with Crippen LogP contribution in [0.4, 0.5) is 18.0 Å². The number of halogens is 3. The van der Waals surface area contributed by atoms with Gasteiger partial charge in [-0.15, -0.1) is 0 Å². The highest BCUT2D eigenvalue weighted by molar-refractivity contribution is 5.74. The fourth-order valence-electron chi connectivity index (χ4n) is 3.13. The lowest BCUT2D eigenvalue weighted by Gasteiger charge is -2.26. The molecular weight excluding hydrogens is 325 g/mol. The number of alkyl halides is 3. The zero-order valence-corrected chi connectivity index (χ0v) is 13.2. The van der Waals surface area contributed by atoms with Crippen LogP contribution in [0.5, 0.6) is 0 Å². The van der Waals surface area contributed by atoms with Crippen LogP contribution in [0.1, 0.15) is 30.8 Å². The van der Waals surface area contributed by atoms with Gasteiger partial charge in [-0.2, -0.15) is 13.2 Å². The molecule has 9 heteroatoms. The number of aryl methyl sites for hydroxylation is 1. The van der Waals surface area contributed by atoms with Gasteiger partial charge in [0.2, 0.25) is 0 Å². The summed E-state index contributed by atoms with van der Waals surface area (Å²) in [6, 6.07) is -0.103. The van der Waals surface area contributed by atoms with Crippen LogP contribution in [0.2, 0.25) is 0 Å². The third kappa shape index (κ3) is 4.19. The number of carbonyl (C=O) groups excluding carboxylic acids is 1. The Hall–Kier alpha value is -1.77. The van der Waals surface area contributed by atoms with E-state index in [0.717, 1.165) is 19.0 Å². The van der Waals surface area contributed by atoms with E-state index in [4.69, 9.17) is 4.74 Å². The van der Waals surface area contributed by atoms with E-state index >= 15 is 0 Å². The van der Waals surface area contributed by atoms with Crippen LogP contribution in [0.3, 0.4) is 0 Å². The number of hydrogen-bond donors (Lipinski definition) is 2. The summed E-state index contributed by atoms with van der Waals surface area (Å²) in [5.41, 5.74) is -0.844. The molecule has 1 aromatic heterocycles. The van der Waals surface area contributed by atoms with Gasteiger partial charge in [-0.3, -0.25) is 0 Å². The number of rotatable bonds is 3. The molecule has 0 aromatic carbocycles. The number of amides is 2. The second kappa shape index (κ2) is 7.00. The van der Waals surface area contributed by atoms with Crippen LogP contribution in [-0.2, 0) is 23.9 Å². The molecule has 6 nitrogen and oxygen atoms in total. The standard InChI is InChI=1S/C15H21F3N4O2/c16-15(17,18)12-9-22-8-10(1-2-13(22)21-12)7-19-14(23)20-11-3-5-24-6-4-11/h9-11H,1-8H2,(H2,19,20,23)/t10-/m1/s1. The summed E-state index contributed by atoms with van der Waals surface area (Å²) < 4.78 is 44.9. The first-order chi connectivity index (χ1) is 11.4. The number of nitrogens with zero attached hydrogens (tertiary/aromatic N) is 2. The summed E-state index contributed by atoms with van der Waals surface area (Å²) in [4.78, 5) is 15.6. The summed E-state index contributed by atoms with van der Waals surface area (Å²) in [7, 11) is 0. The Balaban J connectivity index is 1.47. The highest BCUT2D eigenvalue weighted by Gasteiger charge is 2.35. The van der Waals surface area contributed by atoms with E-state index in [2.05, 4.69) is 15.6 Å². The SMILES string of the molecule is O=C(NC[C@H]1CCc2nc(C(F)(F)F)cn2C1)NC1CCOCC1. The van der Waals surface area contributed by atoms with E-state index in [9.17, 15) is 18.0 Å². The molecule has 0 radical (unpaired) electrons. The molecule has 0 bridgehead atoms. The second-order valence-electron chi connectivity index (χ2n) is 6.34. The van der Waals surface area contributed by atoms with Gasteiger partial charge in [-0.25, -0.2) is 9.78 Å². The molecule has 1 atom stereocenters. The molecule has 2 N–H and O–H groups in total. The molecule has 0 unspecified atom stereocenters. The normalized spacial score (nSPS) is 22.0. The summed E-state index contributed by atoms with van der Waals surface area (Å²) in [6.07, 6.45) is -0.550. The van der Waals surface area contributed by atoms with Crippen molar-refractivity contribution in [3.63, 3.8) is 0 Å². The highest BCUT2D eigenvalue weighted by atomic mass is 19.4. The maximum absolute atomic E-state index is 12.7. The lowest BCUT2D eigenvalue weighted by atomic mass is 9.99. The fourth-order valence-corrected chi connectivity index (χ4v) is 3.13. The number of carbonyl (C=O) groups is 1. The van der Waals surface area contributed by atoms with Crippen molar-refractivity contribution in [2.24, 2.45) is 5.92 Å². The number of aromatic nitrogens is 2. The Labute approximate surface area is 137 Å². The maximum atomic E-state index is 12.7. The molecule has 3 heterocycles. The first kappa shape index (κ1) is 17.1. The van der Waals surface area contributed by atoms with Crippen molar-refractivity contribution >= 4 is 6.03 Å². The van der Waals surface area contributed by atoms with Gasteiger partial charge in [0, 0.05) is 45.0 Å². The molecule has 0 spiro atoms. The molecular formula is C15H21F3N4O2. The Kier molecular flexibility index (Phi) is 4.98. The Morgan fingerprint density at radius 2 is 2.08 bits per heavy atom. The predicted molar refractivity (Wildman–Crippen MR) is 79.4 cm³/mol. The molecule has 3 rings (SSSR count). The Morgan fingerprint density at radius 3 is 2.79 bits per heavy atom. The third-order valence-corrected chi connectivity index (χ3v) is 4.49. The minimum atomic E-state index is -4.41. The minimum absolute atomic E-state index is 0.105. The van der Waals surface area contributed by atoms with Crippen molar-refractivity contribution in [2.75, 3.05) is 19.8 Å². The van der Waals surface area contributed by atoms with Crippen molar-refractivity contribution in [3.05, 3.63) is 17.7 Å². The van der Waals surface area contributed by atoms with Crippen LogP contribution in [0.15, 0.2) is 6.20 Å². The Morgan fingerprint density at radius 1 is 1.33 bits per heavy atom. The van der Waals surface area contributed by atoms with E-state index in [0.29, 0.717) is 45.0 Å². The average Bonchev–Trinajstić information content (AvgIpc) is 2.97. The summed E-state index contributed by atoms with van der Waals surface area (Å²) in [6.45, 7) is 2.18. The van der Waals surface area contributed by atoms with E-state index in [-0.39, 0.29) is 18.0 Å². The molecule has 24 heavy (non-hydrogen) atoms. The molecule has 0 aliphatic carbocycles. The lowest BCUT2D eigenvalue weighted by molar-refractivity contribution is -0.141. The second-order valence-corrected chi connectivity index (χ2v) is 6.34. The van der Waals surface area contributed by atoms with Gasteiger partial charge < -0.3 is 19.9 Å². The first-order valence-electron chi connectivity index (χ1n) is 8.17. The number of fused-ring (bicyclic) bond motifs is 1. The maximum Gasteiger partial charge on any atom is 0.434 e. The molecule has 134 valence electrons. The van der Waals surface area contributed by atoms with Crippen molar-refractivity contribution in [3.8, 4) is 0 Å². The van der Waals surface area contributed by atoms with Gasteiger partial charge >= 0.3 is 12.2 Å². The zero-order valence-electron chi connectivity index (χ0n) is 13.2. The van der Waals surface area contributed by atoms with Gasteiger partial charge in [0.05, 0.1) is 0 Å². The molecule has 2 aliphatic heterocycles. The number of imidazole rings is 1. The number of hydrogen-bond acceptors (Lipinski definition) is 3. The third-order valence-electron chi connectivity index (χ3n) is 4.49. The van der Waals surface area contributed by atoms with E-state index < -0.39 is 11.9 Å². The monoisotopic (exact) mass is 346 g/mol. The van der Waals surface area contributed by atoms with Crippen LogP contribution in [0.25, 0.3) is 0 Å². The minimum Gasteiger partial charge on any atom is -0.381 e. The molecule has 1 fully saturated rings. The van der Waals surface area contributed by atoms with Crippen LogP contribution in [-0.4, -0.2) is 41.4 Å². The highest BCUT2D eigenvalue weighted by Crippen LogP contribution is 2.30. The van der Waals surface area contributed by atoms with Crippen molar-refractivity contribution in [1.29, 1.82) is 0 Å². The van der Waals surface area contributed by atoms with Gasteiger partial charge in [0.25, 0.3) is 0 Å². The van der Waals surface area contributed by atoms with E-state index in [1.807, 2.05) is 0 Å². The van der Waals surface area contributed by atoms with Crippen molar-refractivity contribution < 1.29 is 22.7 Å². The van der Waals surface area contributed by atoms with Crippen molar-refractivity contribution in [1.82, 2.24) is 20.2 Å². The lowest BCUT2D eigenvalue weighted by Crippen LogP contribution is -2.46. The van der Waals surface area contributed by atoms with Crippen molar-refractivity contribution in [2.45, 2.75) is 44.4 Å². The van der Waals surface area contributed by atoms with Crippen LogP contribution < -0.4 is 10.6 Å². The van der Waals surface area contributed by atoms with Gasteiger partial charge in [0.1, 0.15) is 5.82 Å². The van der Waals surface area contributed by atoms with E-state index in [1.165, 1.54) is 0 Å². The molecule has 2 aliphatic rings. The molecule has 1 aromatic rings. The number of nitrogens with one attached hydrogen (secondary N) is 2. The Bertz CT molecular complexity index is 582. The summed E-state index contributed by atoms with van der Waals surface area (Å²) >= 11 is 0. The first-order valence-corrected chi connectivity index (χ1v) is 8.17. The largest absolute Gasteiger partial charge is 0.434 e. The number of ether oxygens (including phenoxy) is 1. The molecule has 2 amide bonds. The van der Waals surface area contributed by atoms with Crippen LogP contribution >= 0.6 is 0 Å². The van der Waals surface area contributed by atoms with Gasteiger partial charge in [-0.05, 0) is 25.2 Å². The summed E-state index contributed by atoms with van der Waals surface area (Å²) in [5.74, 6) is 0.568. The molecule has 0 saturated carbocycles. The fraction of sp³-hybridized carbons (Fsp3) is 0.733. The van der Waals surface area contributed by atoms with E-state index in [1.54, 1.807) is 4.57 Å². The predicted octanol–water partition coefficient (Wildman–Crippen LogP) is 1.94.